The number of pyridine rings is 1. The van der Waals surface area contributed by atoms with Gasteiger partial charge in [-0.25, -0.2) is 0 Å². The van der Waals surface area contributed by atoms with Gasteiger partial charge in [0, 0.05) is 13.3 Å². The molecule has 0 fully saturated rings. The number of carbonyl (C=O) groups is 2. The van der Waals surface area contributed by atoms with Crippen molar-refractivity contribution in [2.75, 3.05) is 13.7 Å². The molecule has 6 nitrogen and oxygen atoms in total. The highest BCUT2D eigenvalue weighted by Crippen LogP contribution is 2.21. The molecule has 22 heavy (non-hydrogen) atoms. The van der Waals surface area contributed by atoms with Crippen LogP contribution in [0.4, 0.5) is 0 Å². The van der Waals surface area contributed by atoms with Crippen molar-refractivity contribution >= 4 is 11.9 Å². The number of rotatable bonds is 6. The van der Waals surface area contributed by atoms with Gasteiger partial charge in [0.2, 0.25) is 0 Å². The van der Waals surface area contributed by atoms with Crippen molar-refractivity contribution in [2.45, 2.75) is 45.1 Å². The molecule has 0 aliphatic heterocycles. The van der Waals surface area contributed by atoms with Crippen LogP contribution in [0, 0.1) is 0 Å². The number of amides is 1. The Labute approximate surface area is 130 Å². The summed E-state index contributed by atoms with van der Waals surface area (Å²) in [4.78, 5) is 27.4. The summed E-state index contributed by atoms with van der Waals surface area (Å²) in [5, 5.41) is 11.7. The highest BCUT2D eigenvalue weighted by molar-refractivity contribution is 5.93. The Kier molecular flexibility index (Phi) is 5.65. The van der Waals surface area contributed by atoms with Crippen LogP contribution in [0.15, 0.2) is 18.3 Å². The molecule has 0 aromatic carbocycles. The Morgan fingerprint density at radius 2 is 1.91 bits per heavy atom. The van der Waals surface area contributed by atoms with E-state index in [1.807, 2.05) is 6.07 Å². The first-order chi connectivity index (χ1) is 10.1. The van der Waals surface area contributed by atoms with E-state index in [0.29, 0.717) is 0 Å². The van der Waals surface area contributed by atoms with Crippen molar-refractivity contribution in [3.63, 3.8) is 0 Å². The maximum atomic E-state index is 12.3. The monoisotopic (exact) mass is 308 g/mol. The Bertz CT molecular complexity index is 534. The number of carbonyl (C=O) groups excluding carboxylic acids is 1. The molecule has 122 valence electrons. The van der Waals surface area contributed by atoms with Crippen molar-refractivity contribution in [3.8, 4) is 0 Å². The molecule has 1 aromatic rings. The van der Waals surface area contributed by atoms with Crippen LogP contribution >= 0.6 is 0 Å². The van der Waals surface area contributed by atoms with Crippen molar-refractivity contribution in [2.24, 2.45) is 0 Å². The molecule has 1 unspecified atom stereocenters. The fraction of sp³-hybridized carbons (Fsp3) is 0.562. The van der Waals surface area contributed by atoms with Crippen molar-refractivity contribution in [3.05, 3.63) is 29.6 Å². The molecule has 0 spiro atoms. The molecule has 0 bridgehead atoms. The fourth-order valence-electron chi connectivity index (χ4n) is 2.09. The minimum absolute atomic E-state index is 0.0458. The van der Waals surface area contributed by atoms with Gasteiger partial charge in [-0.1, -0.05) is 26.8 Å². The summed E-state index contributed by atoms with van der Waals surface area (Å²) in [6.07, 6.45) is 1.44. The van der Waals surface area contributed by atoms with E-state index in [1.54, 1.807) is 19.2 Å². The zero-order valence-electron chi connectivity index (χ0n) is 13.8. The fourth-order valence-corrected chi connectivity index (χ4v) is 2.09. The zero-order valence-corrected chi connectivity index (χ0v) is 13.8. The summed E-state index contributed by atoms with van der Waals surface area (Å²) in [5.41, 5.74) is 0.243. The van der Waals surface area contributed by atoms with Gasteiger partial charge in [-0.05, 0) is 24.0 Å². The van der Waals surface area contributed by atoms with E-state index < -0.39 is 17.4 Å². The van der Waals surface area contributed by atoms with Crippen LogP contribution in [0.3, 0.4) is 0 Å². The van der Waals surface area contributed by atoms with Gasteiger partial charge in [-0.15, -0.1) is 0 Å². The van der Waals surface area contributed by atoms with Crippen LogP contribution in [0.5, 0.6) is 0 Å². The third-order valence-electron chi connectivity index (χ3n) is 3.28. The smallest absolute Gasteiger partial charge is 0.305 e. The van der Waals surface area contributed by atoms with Crippen LogP contribution in [0.2, 0.25) is 0 Å². The number of hydrogen-bond acceptors (Lipinski definition) is 4. The number of carboxylic acid groups (broad SMARTS) is 1. The number of hydrogen-bond donors (Lipinski definition) is 2. The molecule has 1 amide bonds. The lowest BCUT2D eigenvalue weighted by molar-refractivity contribution is -0.139. The van der Waals surface area contributed by atoms with Gasteiger partial charge in [-0.3, -0.25) is 14.6 Å². The van der Waals surface area contributed by atoms with Gasteiger partial charge < -0.3 is 15.2 Å². The van der Waals surface area contributed by atoms with Gasteiger partial charge in [-0.2, -0.15) is 0 Å². The summed E-state index contributed by atoms with van der Waals surface area (Å²) in [6.45, 7) is 7.92. The molecule has 0 saturated carbocycles. The minimum Gasteiger partial charge on any atom is -0.481 e. The largest absolute Gasteiger partial charge is 0.481 e. The first-order valence-electron chi connectivity index (χ1n) is 7.07. The molecule has 0 aliphatic carbocycles. The number of aliphatic carboxylic acids is 1. The van der Waals surface area contributed by atoms with E-state index in [9.17, 15) is 9.59 Å². The first kappa shape index (κ1) is 18.1. The lowest BCUT2D eigenvalue weighted by Gasteiger charge is -2.28. The third kappa shape index (κ3) is 5.11. The van der Waals surface area contributed by atoms with Gasteiger partial charge in [0.05, 0.1) is 18.6 Å². The van der Waals surface area contributed by atoms with E-state index in [4.69, 9.17) is 9.84 Å². The van der Waals surface area contributed by atoms with Crippen molar-refractivity contribution in [1.29, 1.82) is 0 Å². The highest BCUT2D eigenvalue weighted by Gasteiger charge is 2.30. The maximum Gasteiger partial charge on any atom is 0.305 e. The maximum absolute atomic E-state index is 12.3. The Hall–Kier alpha value is -1.95. The second kappa shape index (κ2) is 6.87. The normalized spacial score (nSPS) is 14.2. The van der Waals surface area contributed by atoms with Crippen LogP contribution in [0.25, 0.3) is 0 Å². The first-order valence-corrected chi connectivity index (χ1v) is 7.07. The third-order valence-corrected chi connectivity index (χ3v) is 3.28. The van der Waals surface area contributed by atoms with E-state index in [0.717, 1.165) is 5.56 Å². The second-order valence-corrected chi connectivity index (χ2v) is 6.70. The average Bonchev–Trinajstić information content (AvgIpc) is 2.36. The van der Waals surface area contributed by atoms with Crippen LogP contribution in [-0.2, 0) is 14.9 Å². The molecule has 1 rings (SSSR count). The number of ether oxygens (including phenoxy) is 1. The Morgan fingerprint density at radius 1 is 1.27 bits per heavy atom. The van der Waals surface area contributed by atoms with Crippen LogP contribution < -0.4 is 5.32 Å². The summed E-state index contributed by atoms with van der Waals surface area (Å²) in [5.74, 6) is -1.42. The molecule has 1 heterocycles. The number of methoxy groups -OCH3 is 1. The van der Waals surface area contributed by atoms with Gasteiger partial charge >= 0.3 is 5.97 Å². The van der Waals surface area contributed by atoms with E-state index in [-0.39, 0.29) is 24.1 Å². The average molecular weight is 308 g/mol. The van der Waals surface area contributed by atoms with E-state index in [1.165, 1.54) is 7.11 Å². The number of carboxylic acids is 1. The highest BCUT2D eigenvalue weighted by atomic mass is 16.5. The summed E-state index contributed by atoms with van der Waals surface area (Å²) in [6, 6.07) is 3.50. The quantitative estimate of drug-likeness (QED) is 0.839. The standard InChI is InChI=1S/C16H24N2O4/c1-15(2,3)11-6-7-12(17-9-11)14(21)18-16(4,10-22-5)8-13(19)20/h6-7,9H,8,10H2,1-5H3,(H,18,21)(H,19,20). The molecule has 6 heteroatoms. The molecule has 2 N–H and O–H groups in total. The lowest BCUT2D eigenvalue weighted by Crippen LogP contribution is -2.51. The molecular weight excluding hydrogens is 284 g/mol. The molecule has 0 radical (unpaired) electrons. The molecule has 1 aromatic heterocycles. The number of nitrogens with one attached hydrogen (secondary N) is 1. The molecule has 1 atom stereocenters. The van der Waals surface area contributed by atoms with Crippen LogP contribution in [0.1, 0.15) is 50.2 Å². The van der Waals surface area contributed by atoms with Gasteiger partial charge in [0.25, 0.3) is 5.91 Å². The SMILES string of the molecule is COCC(C)(CC(=O)O)NC(=O)c1ccc(C(C)(C)C)cn1. The van der Waals surface area contributed by atoms with Crippen molar-refractivity contribution < 1.29 is 19.4 Å². The predicted octanol–water partition coefficient (Wildman–Crippen LogP) is 1.99. The molecule has 0 aliphatic rings. The van der Waals surface area contributed by atoms with Crippen LogP contribution in [-0.4, -0.2) is 41.2 Å². The zero-order chi connectivity index (χ0) is 17.0. The lowest BCUT2D eigenvalue weighted by atomic mass is 9.88. The van der Waals surface area contributed by atoms with Crippen molar-refractivity contribution in [1.82, 2.24) is 10.3 Å². The number of nitrogens with zero attached hydrogens (tertiary/aromatic N) is 1. The molecule has 0 saturated heterocycles. The Morgan fingerprint density at radius 3 is 2.32 bits per heavy atom. The predicted molar refractivity (Wildman–Crippen MR) is 82.9 cm³/mol. The summed E-state index contributed by atoms with van der Waals surface area (Å²) >= 11 is 0. The summed E-state index contributed by atoms with van der Waals surface area (Å²) < 4.78 is 5.01. The second-order valence-electron chi connectivity index (χ2n) is 6.70. The van der Waals surface area contributed by atoms with Gasteiger partial charge in [0.15, 0.2) is 0 Å². The Balaban J connectivity index is 2.88. The number of aromatic nitrogens is 1. The minimum atomic E-state index is -1.00. The van der Waals surface area contributed by atoms with Gasteiger partial charge in [0.1, 0.15) is 5.69 Å². The van der Waals surface area contributed by atoms with E-state index >= 15 is 0 Å². The topological polar surface area (TPSA) is 88.5 Å². The summed E-state index contributed by atoms with van der Waals surface area (Å²) in [7, 11) is 1.46. The molecular formula is C16H24N2O4. The van der Waals surface area contributed by atoms with E-state index in [2.05, 4.69) is 31.1 Å².